The number of nitrogens with zero attached hydrogens (tertiary/aromatic N) is 1. The Morgan fingerprint density at radius 2 is 2.08 bits per heavy atom. The average Bonchev–Trinajstić information content (AvgIpc) is 2.52. The van der Waals surface area contributed by atoms with E-state index < -0.39 is 16.4 Å². The first kappa shape index (κ1) is 8.47. The van der Waals surface area contributed by atoms with Gasteiger partial charge in [-0.15, -0.1) is 0 Å². The number of esters is 1. The maximum Gasteiger partial charge on any atom is 0.385 e. The Hall–Kier alpha value is -1.13. The van der Waals surface area contributed by atoms with Crippen molar-refractivity contribution in [2.24, 2.45) is 11.8 Å². The van der Waals surface area contributed by atoms with Crippen LogP contribution in [0.3, 0.4) is 0 Å². The second kappa shape index (κ2) is 2.43. The molecule has 0 N–H and O–H groups in total. The second-order valence-electron chi connectivity index (χ2n) is 3.72. The van der Waals surface area contributed by atoms with Crippen LogP contribution in [0.1, 0.15) is 19.3 Å². The van der Waals surface area contributed by atoms with E-state index in [1.807, 2.05) is 0 Å². The van der Waals surface area contributed by atoms with Crippen molar-refractivity contribution in [3.05, 3.63) is 10.1 Å². The number of carbonyl (C=O) groups is 1. The maximum absolute atomic E-state index is 11.3. The molecule has 2 aliphatic rings. The number of hydrogen-bond acceptors (Lipinski definition) is 4. The minimum absolute atomic E-state index is 0.0602. The molecule has 0 spiro atoms. The first-order valence-corrected chi connectivity index (χ1v) is 4.38. The molecule has 0 bridgehead atoms. The number of hydrogen-bond donors (Lipinski definition) is 0. The lowest BCUT2D eigenvalue weighted by Gasteiger charge is -2.09. The monoisotopic (exact) mass is 185 g/mol. The SMILES string of the molecule is COC(=O)C1([N+](=O)[O-])C2CCCC21. The summed E-state index contributed by atoms with van der Waals surface area (Å²) in [5, 5.41) is 10.8. The van der Waals surface area contributed by atoms with Crippen molar-refractivity contribution in [2.45, 2.75) is 24.8 Å². The Morgan fingerprint density at radius 1 is 1.54 bits per heavy atom. The fraction of sp³-hybridized carbons (Fsp3) is 0.875. The van der Waals surface area contributed by atoms with Crippen molar-refractivity contribution in [1.82, 2.24) is 0 Å². The zero-order valence-corrected chi connectivity index (χ0v) is 7.36. The van der Waals surface area contributed by atoms with E-state index in [-0.39, 0.29) is 11.8 Å². The third kappa shape index (κ3) is 0.792. The summed E-state index contributed by atoms with van der Waals surface area (Å²) in [5.74, 6) is -0.780. The van der Waals surface area contributed by atoms with Gasteiger partial charge in [0.05, 0.1) is 18.9 Å². The first-order valence-electron chi connectivity index (χ1n) is 4.38. The van der Waals surface area contributed by atoms with Crippen molar-refractivity contribution in [2.75, 3.05) is 7.11 Å². The molecule has 2 unspecified atom stereocenters. The van der Waals surface area contributed by atoms with Gasteiger partial charge in [-0.25, -0.2) is 4.79 Å². The molecule has 2 fully saturated rings. The third-order valence-corrected chi connectivity index (χ3v) is 3.35. The molecule has 2 rings (SSSR count). The normalized spacial score (nSPS) is 41.0. The highest BCUT2D eigenvalue weighted by molar-refractivity contribution is 5.84. The van der Waals surface area contributed by atoms with Gasteiger partial charge in [0.1, 0.15) is 0 Å². The molecule has 2 atom stereocenters. The van der Waals surface area contributed by atoms with Crippen molar-refractivity contribution >= 4 is 5.97 Å². The highest BCUT2D eigenvalue weighted by Gasteiger charge is 2.82. The van der Waals surface area contributed by atoms with Crippen LogP contribution in [0.15, 0.2) is 0 Å². The summed E-state index contributed by atoms with van der Waals surface area (Å²) < 4.78 is 4.49. The van der Waals surface area contributed by atoms with Crippen LogP contribution in [0.2, 0.25) is 0 Å². The van der Waals surface area contributed by atoms with Crippen molar-refractivity contribution in [3.63, 3.8) is 0 Å². The molecule has 0 aromatic heterocycles. The van der Waals surface area contributed by atoms with Crippen molar-refractivity contribution in [3.8, 4) is 0 Å². The molecular weight excluding hydrogens is 174 g/mol. The summed E-state index contributed by atoms with van der Waals surface area (Å²) in [6, 6.07) is 0. The van der Waals surface area contributed by atoms with Gasteiger partial charge in [-0.3, -0.25) is 10.1 Å². The van der Waals surface area contributed by atoms with Crippen LogP contribution in [0.4, 0.5) is 0 Å². The van der Waals surface area contributed by atoms with E-state index in [2.05, 4.69) is 4.74 Å². The van der Waals surface area contributed by atoms with Gasteiger partial charge in [0.25, 0.3) is 0 Å². The Kier molecular flexibility index (Phi) is 1.58. The quantitative estimate of drug-likeness (QED) is 0.359. The molecule has 0 saturated heterocycles. The molecule has 0 aromatic rings. The molecule has 5 nitrogen and oxygen atoms in total. The molecule has 5 heteroatoms. The second-order valence-corrected chi connectivity index (χ2v) is 3.72. The van der Waals surface area contributed by atoms with Crippen LogP contribution in [-0.2, 0) is 9.53 Å². The van der Waals surface area contributed by atoms with Gasteiger partial charge in [-0.2, -0.15) is 0 Å². The van der Waals surface area contributed by atoms with Crippen LogP contribution < -0.4 is 0 Å². The first-order chi connectivity index (χ1) is 6.15. The third-order valence-electron chi connectivity index (χ3n) is 3.35. The van der Waals surface area contributed by atoms with Crippen LogP contribution in [0.25, 0.3) is 0 Å². The van der Waals surface area contributed by atoms with E-state index in [9.17, 15) is 14.9 Å². The smallest absolute Gasteiger partial charge is 0.385 e. The summed E-state index contributed by atoms with van der Waals surface area (Å²) in [6.45, 7) is 0. The summed E-state index contributed by atoms with van der Waals surface area (Å²) in [6.07, 6.45) is 2.59. The zero-order valence-electron chi connectivity index (χ0n) is 7.36. The maximum atomic E-state index is 11.3. The van der Waals surface area contributed by atoms with E-state index >= 15 is 0 Å². The van der Waals surface area contributed by atoms with Gasteiger partial charge in [-0.05, 0) is 12.8 Å². The van der Waals surface area contributed by atoms with E-state index in [4.69, 9.17) is 0 Å². The van der Waals surface area contributed by atoms with E-state index in [0.29, 0.717) is 0 Å². The van der Waals surface area contributed by atoms with Crippen LogP contribution >= 0.6 is 0 Å². The molecule has 0 radical (unpaired) electrons. The standard InChI is InChI=1S/C8H11NO4/c1-13-7(10)8(9(11)12)5-3-2-4-6(5)8/h5-6H,2-4H2,1H3. The van der Waals surface area contributed by atoms with Crippen LogP contribution in [0.5, 0.6) is 0 Å². The molecule has 2 saturated carbocycles. The highest BCUT2D eigenvalue weighted by atomic mass is 16.6. The van der Waals surface area contributed by atoms with Gasteiger partial charge >= 0.3 is 11.5 Å². The molecule has 0 aliphatic heterocycles. The highest BCUT2D eigenvalue weighted by Crippen LogP contribution is 2.62. The molecule has 13 heavy (non-hydrogen) atoms. The number of rotatable bonds is 2. The Bertz CT molecular complexity index is 265. The Morgan fingerprint density at radius 3 is 2.46 bits per heavy atom. The van der Waals surface area contributed by atoms with E-state index in [1.165, 1.54) is 7.11 Å². The minimum atomic E-state index is -1.37. The predicted molar refractivity (Wildman–Crippen MR) is 42.6 cm³/mol. The Labute approximate surface area is 75.2 Å². The van der Waals surface area contributed by atoms with E-state index in [1.54, 1.807) is 0 Å². The summed E-state index contributed by atoms with van der Waals surface area (Å²) in [5.41, 5.74) is -1.37. The summed E-state index contributed by atoms with van der Waals surface area (Å²) >= 11 is 0. The van der Waals surface area contributed by atoms with Gasteiger partial charge in [0, 0.05) is 4.92 Å². The molecule has 0 aromatic carbocycles. The lowest BCUT2D eigenvalue weighted by Crippen LogP contribution is -2.38. The average molecular weight is 185 g/mol. The summed E-state index contributed by atoms with van der Waals surface area (Å²) in [7, 11) is 1.21. The van der Waals surface area contributed by atoms with Gasteiger partial charge in [-0.1, -0.05) is 6.42 Å². The lowest BCUT2D eigenvalue weighted by molar-refractivity contribution is -0.533. The molecule has 72 valence electrons. The number of carbonyl (C=O) groups excluding carboxylic acids is 1. The van der Waals surface area contributed by atoms with Gasteiger partial charge in [0.2, 0.25) is 0 Å². The number of fused-ring (bicyclic) bond motifs is 1. The molecular formula is C8H11NO4. The number of methoxy groups -OCH3 is 1. The van der Waals surface area contributed by atoms with Crippen LogP contribution in [0, 0.1) is 22.0 Å². The van der Waals surface area contributed by atoms with Crippen LogP contribution in [-0.4, -0.2) is 23.5 Å². The van der Waals surface area contributed by atoms with Crippen molar-refractivity contribution < 1.29 is 14.5 Å². The topological polar surface area (TPSA) is 69.4 Å². The lowest BCUT2D eigenvalue weighted by atomic mass is 10.1. The Balaban J connectivity index is 2.26. The molecule has 2 aliphatic carbocycles. The molecule has 0 amide bonds. The fourth-order valence-electron chi connectivity index (χ4n) is 2.73. The van der Waals surface area contributed by atoms with E-state index in [0.717, 1.165) is 19.3 Å². The largest absolute Gasteiger partial charge is 0.464 e. The molecule has 0 heterocycles. The minimum Gasteiger partial charge on any atom is -0.464 e. The van der Waals surface area contributed by atoms with Gasteiger partial charge < -0.3 is 4.74 Å². The van der Waals surface area contributed by atoms with Gasteiger partial charge in [0.15, 0.2) is 0 Å². The zero-order chi connectivity index (χ0) is 9.64. The predicted octanol–water partition coefficient (Wildman–Crippen LogP) is 0.605. The number of ether oxygens (including phenoxy) is 1. The fourth-order valence-corrected chi connectivity index (χ4v) is 2.73. The summed E-state index contributed by atoms with van der Waals surface area (Å²) in [4.78, 5) is 21.6. The van der Waals surface area contributed by atoms with Crippen molar-refractivity contribution in [1.29, 1.82) is 0 Å². The number of nitro groups is 1.